The van der Waals surface area contributed by atoms with Gasteiger partial charge in [0.25, 0.3) is 0 Å². The zero-order valence-electron chi connectivity index (χ0n) is 6.91. The van der Waals surface area contributed by atoms with Crippen molar-refractivity contribution < 1.29 is 0 Å². The van der Waals surface area contributed by atoms with Crippen molar-refractivity contribution in [2.45, 2.75) is 46.5 Å². The summed E-state index contributed by atoms with van der Waals surface area (Å²) in [5, 5.41) is 0. The molecule has 0 saturated heterocycles. The van der Waals surface area contributed by atoms with E-state index < -0.39 is 0 Å². The van der Waals surface area contributed by atoms with E-state index in [1.54, 1.807) is 0 Å². The summed E-state index contributed by atoms with van der Waals surface area (Å²) >= 11 is 0. The molecule has 0 bridgehead atoms. The van der Waals surface area contributed by atoms with Gasteiger partial charge in [-0.1, -0.05) is 33.6 Å². The fourth-order valence-corrected chi connectivity index (χ4v) is 0.417. The Hall–Kier alpha value is 0. The van der Waals surface area contributed by atoms with Crippen LogP contribution < -0.4 is 0 Å². The van der Waals surface area contributed by atoms with Gasteiger partial charge in [-0.25, -0.2) is 0 Å². The molecule has 0 aliphatic heterocycles. The van der Waals surface area contributed by atoms with E-state index in [0.717, 1.165) is 11.3 Å². The van der Waals surface area contributed by atoms with E-state index in [9.17, 15) is 0 Å². The van der Waals surface area contributed by atoms with Gasteiger partial charge in [-0.05, 0) is 24.2 Å². The molecule has 0 spiro atoms. The fourth-order valence-electron chi connectivity index (χ4n) is 0.417. The van der Waals surface area contributed by atoms with E-state index in [-0.39, 0.29) is 0 Å². The van der Waals surface area contributed by atoms with Crippen molar-refractivity contribution in [1.29, 1.82) is 0 Å². The topological polar surface area (TPSA) is 0 Å². The Morgan fingerprint density at radius 1 is 1.11 bits per heavy atom. The van der Waals surface area contributed by atoms with Crippen LogP contribution in [0.15, 0.2) is 0 Å². The maximum Gasteiger partial charge on any atom is -0.0354 e. The first-order valence-corrected chi connectivity index (χ1v) is 4.10. The Morgan fingerprint density at radius 2 is 1.33 bits per heavy atom. The lowest BCUT2D eigenvalue weighted by atomic mass is 10.2. The van der Waals surface area contributed by atoms with Crippen LogP contribution in [0.25, 0.3) is 0 Å². The third kappa shape index (κ3) is 4.50. The van der Waals surface area contributed by atoms with Gasteiger partial charge < -0.3 is 0 Å². The van der Waals surface area contributed by atoms with E-state index >= 15 is 0 Å². The van der Waals surface area contributed by atoms with Crippen molar-refractivity contribution in [3.8, 4) is 0 Å². The van der Waals surface area contributed by atoms with Crippen molar-refractivity contribution in [2.24, 2.45) is 11.3 Å². The van der Waals surface area contributed by atoms with Gasteiger partial charge in [-0.15, -0.1) is 0 Å². The molecule has 2 rings (SSSR count). The van der Waals surface area contributed by atoms with Gasteiger partial charge in [-0.2, -0.15) is 0 Å². The maximum absolute atomic E-state index is 2.30. The fraction of sp³-hybridized carbons (Fsp3) is 1.00. The van der Waals surface area contributed by atoms with Crippen molar-refractivity contribution in [3.05, 3.63) is 0 Å². The first-order chi connectivity index (χ1) is 4.10. The van der Waals surface area contributed by atoms with E-state index in [1.807, 2.05) is 0 Å². The van der Waals surface area contributed by atoms with Gasteiger partial charge in [0.05, 0.1) is 0 Å². The summed E-state index contributed by atoms with van der Waals surface area (Å²) in [5.74, 6) is 1.08. The van der Waals surface area contributed by atoms with Crippen molar-refractivity contribution in [1.82, 2.24) is 0 Å². The summed E-state index contributed by atoms with van der Waals surface area (Å²) in [6.07, 6.45) is 5.88. The molecule has 0 aromatic rings. The molecule has 2 aliphatic rings. The van der Waals surface area contributed by atoms with E-state index in [0.29, 0.717) is 0 Å². The molecule has 0 heterocycles. The predicted octanol–water partition coefficient (Wildman–Crippen LogP) is 3.22. The second kappa shape index (κ2) is 2.32. The number of rotatable bonds is 0. The lowest BCUT2D eigenvalue weighted by Gasteiger charge is -1.86. The molecular formula is C9H18. The molecule has 0 N–H and O–H groups in total. The normalized spacial score (nSPS) is 28.3. The van der Waals surface area contributed by atoms with Gasteiger partial charge in [0.2, 0.25) is 0 Å². The molecule has 9 heavy (non-hydrogen) atoms. The molecule has 0 aromatic carbocycles. The molecular weight excluding hydrogens is 108 g/mol. The first kappa shape index (κ1) is 7.11. The van der Waals surface area contributed by atoms with Crippen LogP contribution in [0.5, 0.6) is 0 Å². The molecule has 54 valence electrons. The molecule has 0 radical (unpaired) electrons. The van der Waals surface area contributed by atoms with E-state index in [2.05, 4.69) is 20.8 Å². The monoisotopic (exact) mass is 126 g/mol. The minimum atomic E-state index is 0.750. The standard InChI is InChI=1S/C5H10.C4H8/c1-5(2)3-4-5;1-4-2-3-4/h3-4H2,1-2H3;4H,2-3H2,1H3. The zero-order valence-corrected chi connectivity index (χ0v) is 6.91. The van der Waals surface area contributed by atoms with Crippen LogP contribution in [-0.4, -0.2) is 0 Å². The smallest absolute Gasteiger partial charge is 0.0354 e. The lowest BCUT2D eigenvalue weighted by Crippen LogP contribution is -1.75. The second-order valence-corrected chi connectivity index (χ2v) is 4.35. The Bertz CT molecular complexity index is 82.2. The number of hydrogen-bond donors (Lipinski definition) is 0. The van der Waals surface area contributed by atoms with E-state index in [1.165, 1.54) is 25.7 Å². The molecule has 0 heteroatoms. The summed E-state index contributed by atoms with van der Waals surface area (Å²) in [7, 11) is 0. The van der Waals surface area contributed by atoms with Crippen LogP contribution in [0.2, 0.25) is 0 Å². The highest BCUT2D eigenvalue weighted by molar-refractivity contribution is 4.82. The van der Waals surface area contributed by atoms with Gasteiger partial charge >= 0.3 is 0 Å². The van der Waals surface area contributed by atoms with E-state index in [4.69, 9.17) is 0 Å². The third-order valence-electron chi connectivity index (χ3n) is 2.12. The van der Waals surface area contributed by atoms with Crippen LogP contribution in [0, 0.1) is 11.3 Å². The molecule has 0 amide bonds. The lowest BCUT2D eigenvalue weighted by molar-refractivity contribution is 0.653. The van der Waals surface area contributed by atoms with Gasteiger partial charge in [0.1, 0.15) is 0 Å². The Morgan fingerprint density at radius 3 is 1.33 bits per heavy atom. The first-order valence-electron chi connectivity index (χ1n) is 4.10. The van der Waals surface area contributed by atoms with Crippen LogP contribution in [0.3, 0.4) is 0 Å². The third-order valence-corrected chi connectivity index (χ3v) is 2.12. The van der Waals surface area contributed by atoms with Crippen LogP contribution in [0.4, 0.5) is 0 Å². The van der Waals surface area contributed by atoms with Gasteiger partial charge in [0, 0.05) is 0 Å². The number of hydrogen-bond acceptors (Lipinski definition) is 0. The Balaban J connectivity index is 0.0000000922. The molecule has 2 saturated carbocycles. The SMILES string of the molecule is CC1(C)CC1.CC1CC1. The summed E-state index contributed by atoms with van der Waals surface area (Å²) in [6, 6.07) is 0. The van der Waals surface area contributed by atoms with Crippen LogP contribution >= 0.6 is 0 Å². The van der Waals surface area contributed by atoms with Crippen LogP contribution in [0.1, 0.15) is 46.5 Å². The average Bonchev–Trinajstić information content (AvgIpc) is 2.54. The highest BCUT2D eigenvalue weighted by Crippen LogP contribution is 2.43. The second-order valence-electron chi connectivity index (χ2n) is 4.35. The summed E-state index contributed by atoms with van der Waals surface area (Å²) in [6.45, 7) is 6.88. The molecule has 2 fully saturated rings. The van der Waals surface area contributed by atoms with Gasteiger partial charge in [0.15, 0.2) is 0 Å². The highest BCUT2D eigenvalue weighted by atomic mass is 14.4. The van der Waals surface area contributed by atoms with Crippen molar-refractivity contribution in [3.63, 3.8) is 0 Å². The summed E-state index contributed by atoms with van der Waals surface area (Å²) in [4.78, 5) is 0. The van der Waals surface area contributed by atoms with Crippen LogP contribution in [-0.2, 0) is 0 Å². The molecule has 0 atom stereocenters. The quantitative estimate of drug-likeness (QED) is 0.467. The Kier molecular flexibility index (Phi) is 1.83. The Labute approximate surface area is 58.7 Å². The summed E-state index contributed by atoms with van der Waals surface area (Å²) < 4.78 is 0. The predicted molar refractivity (Wildman–Crippen MR) is 41.4 cm³/mol. The maximum atomic E-state index is 2.30. The van der Waals surface area contributed by atoms with Gasteiger partial charge in [-0.3, -0.25) is 0 Å². The van der Waals surface area contributed by atoms with Crippen molar-refractivity contribution in [2.75, 3.05) is 0 Å². The molecule has 0 nitrogen and oxygen atoms in total. The minimum Gasteiger partial charge on any atom is -0.0625 e. The van der Waals surface area contributed by atoms with Crippen molar-refractivity contribution >= 4 is 0 Å². The molecule has 2 aliphatic carbocycles. The molecule has 0 aromatic heterocycles. The average molecular weight is 126 g/mol. The zero-order chi connectivity index (χ0) is 6.91. The highest BCUT2D eigenvalue weighted by Gasteiger charge is 2.30. The summed E-state index contributed by atoms with van der Waals surface area (Å²) in [5.41, 5.74) is 0.750. The largest absolute Gasteiger partial charge is 0.0625 e. The molecule has 0 unspecified atom stereocenters. The minimum absolute atomic E-state index is 0.750.